The fourth-order valence-electron chi connectivity index (χ4n) is 5.90. The lowest BCUT2D eigenvalue weighted by atomic mass is 10.0. The minimum absolute atomic E-state index is 0.0405. The van der Waals surface area contributed by atoms with Crippen LogP contribution in [-0.4, -0.2) is 59.9 Å². The van der Waals surface area contributed by atoms with Crippen molar-refractivity contribution < 1.29 is 47.5 Å². The molecule has 12 heteroatoms. The van der Waals surface area contributed by atoms with Gasteiger partial charge in [-0.1, -0.05) is 184 Å². The molecule has 0 saturated heterocycles. The van der Waals surface area contributed by atoms with E-state index in [1.807, 2.05) is 18.2 Å². The van der Waals surface area contributed by atoms with Gasteiger partial charge < -0.3 is 25.2 Å². The van der Waals surface area contributed by atoms with Crippen LogP contribution in [0.25, 0.3) is 0 Å². The number of allylic oxidation sites excluding steroid dienone is 8. The summed E-state index contributed by atoms with van der Waals surface area (Å²) in [5.41, 5.74) is 5.32. The van der Waals surface area contributed by atoms with Crippen molar-refractivity contribution in [2.24, 2.45) is 5.73 Å². The summed E-state index contributed by atoms with van der Waals surface area (Å²) in [4.78, 5) is 45.9. The highest BCUT2D eigenvalue weighted by Crippen LogP contribution is 2.43. The first-order valence-electron chi connectivity index (χ1n) is 22.2. The van der Waals surface area contributed by atoms with Crippen molar-refractivity contribution in [3.05, 3.63) is 48.6 Å². The third kappa shape index (κ3) is 40.0. The molecule has 0 aromatic rings. The second kappa shape index (κ2) is 40.2. The van der Waals surface area contributed by atoms with Gasteiger partial charge in [0.1, 0.15) is 12.6 Å². The summed E-state index contributed by atoms with van der Waals surface area (Å²) in [5, 5.41) is 8.88. The van der Waals surface area contributed by atoms with Crippen molar-refractivity contribution in [1.29, 1.82) is 0 Å². The van der Waals surface area contributed by atoms with Crippen molar-refractivity contribution in [3.8, 4) is 0 Å². The molecule has 0 radical (unpaired) electrons. The highest BCUT2D eigenvalue weighted by molar-refractivity contribution is 7.47. The monoisotopic (exact) mass is 826 g/mol. The normalized spacial score (nSPS) is 14.2. The number of unbranched alkanes of at least 4 members (excludes halogenated alkanes) is 19. The van der Waals surface area contributed by atoms with E-state index in [0.29, 0.717) is 12.8 Å². The van der Waals surface area contributed by atoms with Crippen LogP contribution in [0.2, 0.25) is 0 Å². The lowest BCUT2D eigenvalue weighted by molar-refractivity contribution is -0.161. The Balaban J connectivity index is 4.34. The number of carbonyl (C=O) groups excluding carboxylic acids is 2. The minimum atomic E-state index is -4.73. The molecule has 0 rings (SSSR count). The van der Waals surface area contributed by atoms with E-state index >= 15 is 0 Å². The summed E-state index contributed by atoms with van der Waals surface area (Å²) in [7, 11) is -4.73. The summed E-state index contributed by atoms with van der Waals surface area (Å²) in [6, 6.07) is -1.53. The van der Waals surface area contributed by atoms with Crippen LogP contribution in [0.5, 0.6) is 0 Å². The van der Waals surface area contributed by atoms with E-state index < -0.39 is 51.1 Å². The Morgan fingerprint density at radius 2 is 0.982 bits per heavy atom. The standard InChI is InChI=1S/C45H80NO10P/c1-3-5-7-9-11-13-15-17-18-19-20-21-22-23-25-26-28-30-32-34-36-43(47)53-38-41(39-54-57(51,52)55-40-42(46)45(49)50)56-44(48)37-35-33-31-29-27-24-16-14-12-10-8-6-4-2/h6,8,12,14,24,27,31,33,41-42H,3-5,7,9-11,13,15-23,25-26,28-30,32,34-40,46H2,1-2H3,(H,49,50)(H,51,52)/b8-6-,14-12-,27-24-,33-31-. The zero-order valence-corrected chi connectivity index (χ0v) is 36.6. The molecule has 11 nitrogen and oxygen atoms in total. The number of rotatable bonds is 41. The number of carboxylic acids is 1. The van der Waals surface area contributed by atoms with E-state index in [-0.39, 0.29) is 19.4 Å². The number of esters is 2. The van der Waals surface area contributed by atoms with Crippen LogP contribution in [-0.2, 0) is 37.5 Å². The average molecular weight is 826 g/mol. The van der Waals surface area contributed by atoms with Gasteiger partial charge in [0.2, 0.25) is 0 Å². The van der Waals surface area contributed by atoms with Crippen LogP contribution in [0.1, 0.15) is 187 Å². The van der Waals surface area contributed by atoms with Crippen LogP contribution in [0.3, 0.4) is 0 Å². The summed E-state index contributed by atoms with van der Waals surface area (Å²) in [6.07, 6.45) is 44.9. The molecular weight excluding hydrogens is 745 g/mol. The van der Waals surface area contributed by atoms with Gasteiger partial charge >= 0.3 is 25.7 Å². The number of phosphoric ester groups is 1. The number of carbonyl (C=O) groups is 3. The second-order valence-electron chi connectivity index (χ2n) is 14.8. The Hall–Kier alpha value is -2.56. The lowest BCUT2D eigenvalue weighted by Gasteiger charge is -2.20. The van der Waals surface area contributed by atoms with Crippen LogP contribution in [0.4, 0.5) is 0 Å². The second-order valence-corrected chi connectivity index (χ2v) is 16.3. The molecule has 57 heavy (non-hydrogen) atoms. The van der Waals surface area contributed by atoms with Gasteiger partial charge in [-0.15, -0.1) is 0 Å². The van der Waals surface area contributed by atoms with Crippen LogP contribution in [0.15, 0.2) is 48.6 Å². The van der Waals surface area contributed by atoms with Gasteiger partial charge in [-0.3, -0.25) is 23.4 Å². The first-order valence-corrected chi connectivity index (χ1v) is 23.7. The smallest absolute Gasteiger partial charge is 0.472 e. The van der Waals surface area contributed by atoms with Crippen molar-refractivity contribution in [2.45, 2.75) is 199 Å². The van der Waals surface area contributed by atoms with Crippen LogP contribution in [0, 0.1) is 0 Å². The molecule has 0 heterocycles. The SMILES string of the molecule is CC/C=C\C/C=C\C/C=C\C/C=C\CCC(=O)OC(COC(=O)CCCCCCCCCCCCCCCCCCCCCC)COP(=O)(O)OCC(N)C(=O)O. The van der Waals surface area contributed by atoms with Crippen molar-refractivity contribution in [3.63, 3.8) is 0 Å². The maximum absolute atomic E-state index is 12.6. The number of hydrogen-bond acceptors (Lipinski definition) is 9. The number of hydrogen-bond donors (Lipinski definition) is 3. The van der Waals surface area contributed by atoms with Gasteiger partial charge in [-0.25, -0.2) is 4.57 Å². The summed E-state index contributed by atoms with van der Waals surface area (Å²) in [6.45, 7) is 2.62. The summed E-state index contributed by atoms with van der Waals surface area (Å²) in [5.74, 6) is -2.48. The summed E-state index contributed by atoms with van der Waals surface area (Å²) >= 11 is 0. The zero-order valence-electron chi connectivity index (χ0n) is 35.7. The van der Waals surface area contributed by atoms with E-state index in [1.165, 1.54) is 103 Å². The number of phosphoric acid groups is 1. The third-order valence-corrected chi connectivity index (χ3v) is 10.3. The van der Waals surface area contributed by atoms with Crippen molar-refractivity contribution >= 4 is 25.7 Å². The average Bonchev–Trinajstić information content (AvgIpc) is 3.19. The zero-order chi connectivity index (χ0) is 42.1. The molecule has 0 aromatic heterocycles. The van der Waals surface area contributed by atoms with Gasteiger partial charge in [0, 0.05) is 12.8 Å². The molecular formula is C45H80NO10P. The predicted molar refractivity (Wildman–Crippen MR) is 231 cm³/mol. The van der Waals surface area contributed by atoms with E-state index in [2.05, 4.69) is 48.8 Å². The first kappa shape index (κ1) is 54.4. The van der Waals surface area contributed by atoms with E-state index in [1.54, 1.807) is 0 Å². The molecule has 3 atom stereocenters. The Morgan fingerprint density at radius 1 is 0.561 bits per heavy atom. The molecule has 4 N–H and O–H groups in total. The Morgan fingerprint density at radius 3 is 1.44 bits per heavy atom. The predicted octanol–water partition coefficient (Wildman–Crippen LogP) is 11.8. The molecule has 0 amide bonds. The molecule has 330 valence electrons. The van der Waals surface area contributed by atoms with Gasteiger partial charge in [0.25, 0.3) is 0 Å². The largest absolute Gasteiger partial charge is 0.480 e. The molecule has 0 bridgehead atoms. The molecule has 0 aliphatic carbocycles. The Kier molecular flexibility index (Phi) is 38.4. The number of nitrogens with two attached hydrogens (primary N) is 1. The number of ether oxygens (including phenoxy) is 2. The van der Waals surface area contributed by atoms with Crippen molar-refractivity contribution in [1.82, 2.24) is 0 Å². The minimum Gasteiger partial charge on any atom is -0.480 e. The van der Waals surface area contributed by atoms with E-state index in [9.17, 15) is 23.8 Å². The highest BCUT2D eigenvalue weighted by Gasteiger charge is 2.28. The molecule has 0 aliphatic rings. The molecule has 0 spiro atoms. The Labute approximate surface area is 345 Å². The lowest BCUT2D eigenvalue weighted by Crippen LogP contribution is -2.34. The molecule has 0 aliphatic heterocycles. The Bertz CT molecular complexity index is 1150. The third-order valence-electron chi connectivity index (χ3n) is 9.35. The van der Waals surface area contributed by atoms with Gasteiger partial charge in [-0.05, 0) is 38.5 Å². The van der Waals surface area contributed by atoms with Crippen LogP contribution >= 0.6 is 7.82 Å². The van der Waals surface area contributed by atoms with Crippen LogP contribution < -0.4 is 5.73 Å². The van der Waals surface area contributed by atoms with E-state index in [4.69, 9.17) is 24.8 Å². The number of carboxylic acid groups (broad SMARTS) is 1. The van der Waals surface area contributed by atoms with Crippen molar-refractivity contribution in [2.75, 3.05) is 19.8 Å². The molecule has 0 saturated carbocycles. The fraction of sp³-hybridized carbons (Fsp3) is 0.756. The van der Waals surface area contributed by atoms with Gasteiger partial charge in [0.15, 0.2) is 6.10 Å². The summed E-state index contributed by atoms with van der Waals surface area (Å²) < 4.78 is 32.6. The molecule has 0 fully saturated rings. The highest BCUT2D eigenvalue weighted by atomic mass is 31.2. The van der Waals surface area contributed by atoms with Gasteiger partial charge in [0.05, 0.1) is 13.2 Å². The van der Waals surface area contributed by atoms with E-state index in [0.717, 1.165) is 44.9 Å². The topological polar surface area (TPSA) is 172 Å². The first-order chi connectivity index (χ1) is 27.6. The maximum atomic E-state index is 12.6. The van der Waals surface area contributed by atoms with Gasteiger partial charge in [-0.2, -0.15) is 0 Å². The number of aliphatic carboxylic acids is 1. The molecule has 0 aromatic carbocycles. The molecule has 3 unspecified atom stereocenters. The quantitative estimate of drug-likeness (QED) is 0.0232. The maximum Gasteiger partial charge on any atom is 0.472 e. The fourth-order valence-corrected chi connectivity index (χ4v) is 6.68.